The van der Waals surface area contributed by atoms with Crippen molar-refractivity contribution in [3.8, 4) is 11.1 Å². The lowest BCUT2D eigenvalue weighted by atomic mass is 10.00. The van der Waals surface area contributed by atoms with Crippen LogP contribution in [0.5, 0.6) is 0 Å². The summed E-state index contributed by atoms with van der Waals surface area (Å²) in [6.45, 7) is 3.88. The van der Waals surface area contributed by atoms with Crippen molar-refractivity contribution in [1.29, 1.82) is 0 Å². The van der Waals surface area contributed by atoms with Gasteiger partial charge in [-0.15, -0.1) is 0 Å². The zero-order chi connectivity index (χ0) is 19.0. The van der Waals surface area contributed by atoms with Crippen LogP contribution in [0.4, 0.5) is 0 Å². The average molecular weight is 373 g/mol. The summed E-state index contributed by atoms with van der Waals surface area (Å²) in [6, 6.07) is 24.3. The van der Waals surface area contributed by atoms with Gasteiger partial charge in [0.2, 0.25) is 9.84 Å². The predicted octanol–water partition coefficient (Wildman–Crippen LogP) is 5.35. The van der Waals surface area contributed by atoms with E-state index in [1.807, 2.05) is 62.4 Å². The minimum Gasteiger partial charge on any atom is -0.236 e. The highest BCUT2D eigenvalue weighted by molar-refractivity contribution is 7.91. The maximum atomic E-state index is 13.2. The molecule has 0 bridgehead atoms. The highest BCUT2D eigenvalue weighted by Gasteiger charge is 2.22. The molecule has 0 aliphatic heterocycles. The van der Waals surface area contributed by atoms with E-state index >= 15 is 0 Å². The van der Waals surface area contributed by atoms with Gasteiger partial charge in [-0.3, -0.25) is 0 Å². The van der Waals surface area contributed by atoms with Crippen molar-refractivity contribution < 1.29 is 8.42 Å². The molecule has 0 N–H and O–H groups in total. The number of para-hydroxylation sites is 1. The first-order valence-corrected chi connectivity index (χ1v) is 10.2. The maximum Gasteiger partial charge on any atom is 0.223 e. The molecule has 0 saturated heterocycles. The van der Waals surface area contributed by atoms with Crippen LogP contribution in [0.3, 0.4) is 0 Å². The Morgan fingerprint density at radius 1 is 0.778 bits per heavy atom. The summed E-state index contributed by atoms with van der Waals surface area (Å²) >= 11 is 0. The molecule has 3 aromatic carbocycles. The van der Waals surface area contributed by atoms with Crippen LogP contribution in [0.1, 0.15) is 11.1 Å². The van der Waals surface area contributed by atoms with Gasteiger partial charge in [0, 0.05) is 5.39 Å². The number of rotatable bonds is 3. The summed E-state index contributed by atoms with van der Waals surface area (Å²) in [5.74, 6) is 0. The van der Waals surface area contributed by atoms with Gasteiger partial charge in [-0.05, 0) is 48.7 Å². The fourth-order valence-corrected chi connectivity index (χ4v) is 4.42. The molecule has 0 spiro atoms. The topological polar surface area (TPSA) is 47.0 Å². The zero-order valence-electron chi connectivity index (χ0n) is 15.2. The number of nitrogens with zero attached hydrogens (tertiary/aromatic N) is 1. The van der Waals surface area contributed by atoms with Crippen molar-refractivity contribution in [2.24, 2.45) is 0 Å². The lowest BCUT2D eigenvalue weighted by Gasteiger charge is -2.12. The Balaban J connectivity index is 2.02. The fraction of sp³-hybridized carbons (Fsp3) is 0.0870. The summed E-state index contributed by atoms with van der Waals surface area (Å²) in [6.07, 6.45) is 0. The SMILES string of the molecule is Cc1ccc(S(=O)(=O)c2cc(-c3ccccc3)c3cccc(C)c3n2)cc1. The van der Waals surface area contributed by atoms with E-state index in [2.05, 4.69) is 4.98 Å². The summed E-state index contributed by atoms with van der Waals surface area (Å²) in [4.78, 5) is 4.80. The van der Waals surface area contributed by atoms with E-state index in [9.17, 15) is 8.42 Å². The molecule has 134 valence electrons. The third kappa shape index (κ3) is 3.13. The Hall–Kier alpha value is -2.98. The van der Waals surface area contributed by atoms with Crippen LogP contribution in [0.25, 0.3) is 22.0 Å². The molecule has 0 aliphatic carbocycles. The molecule has 4 rings (SSSR count). The van der Waals surface area contributed by atoms with Gasteiger partial charge in [-0.2, -0.15) is 0 Å². The maximum absolute atomic E-state index is 13.2. The van der Waals surface area contributed by atoms with Crippen molar-refractivity contribution in [2.75, 3.05) is 0 Å². The van der Waals surface area contributed by atoms with Crippen LogP contribution >= 0.6 is 0 Å². The number of sulfone groups is 1. The normalized spacial score (nSPS) is 11.6. The molecule has 27 heavy (non-hydrogen) atoms. The summed E-state index contributed by atoms with van der Waals surface area (Å²) in [5.41, 5.74) is 4.52. The molecule has 4 aromatic rings. The molecule has 0 radical (unpaired) electrons. The van der Waals surface area contributed by atoms with Gasteiger partial charge < -0.3 is 0 Å². The lowest BCUT2D eigenvalue weighted by molar-refractivity contribution is 0.593. The second-order valence-corrected chi connectivity index (χ2v) is 8.56. The van der Waals surface area contributed by atoms with E-state index in [-0.39, 0.29) is 9.92 Å². The Labute approximate surface area is 159 Å². The largest absolute Gasteiger partial charge is 0.236 e. The van der Waals surface area contributed by atoms with Crippen LogP contribution < -0.4 is 0 Å². The van der Waals surface area contributed by atoms with Crippen LogP contribution in [-0.2, 0) is 9.84 Å². The van der Waals surface area contributed by atoms with E-state index in [4.69, 9.17) is 0 Å². The average Bonchev–Trinajstić information content (AvgIpc) is 2.68. The number of aromatic nitrogens is 1. The molecule has 0 unspecified atom stereocenters. The number of hydrogen-bond acceptors (Lipinski definition) is 3. The number of benzene rings is 3. The third-order valence-electron chi connectivity index (χ3n) is 4.71. The van der Waals surface area contributed by atoms with Gasteiger partial charge >= 0.3 is 0 Å². The second kappa shape index (κ2) is 6.63. The molecule has 1 aromatic heterocycles. The van der Waals surface area contributed by atoms with E-state index in [0.717, 1.165) is 27.6 Å². The first-order valence-electron chi connectivity index (χ1n) is 8.74. The van der Waals surface area contributed by atoms with E-state index < -0.39 is 9.84 Å². The summed E-state index contributed by atoms with van der Waals surface area (Å²) in [5, 5.41) is 1.02. The van der Waals surface area contributed by atoms with E-state index in [1.165, 1.54) is 0 Å². The molecule has 4 heteroatoms. The van der Waals surface area contributed by atoms with Crippen molar-refractivity contribution in [1.82, 2.24) is 4.98 Å². The molecule has 0 atom stereocenters. The van der Waals surface area contributed by atoms with Gasteiger partial charge in [0.25, 0.3) is 0 Å². The summed E-state index contributed by atoms with van der Waals surface area (Å²) < 4.78 is 26.4. The van der Waals surface area contributed by atoms with Gasteiger partial charge in [-0.25, -0.2) is 13.4 Å². The molecule has 0 saturated carbocycles. The van der Waals surface area contributed by atoms with Crippen molar-refractivity contribution in [3.63, 3.8) is 0 Å². The minimum absolute atomic E-state index is 0.0759. The Bertz CT molecular complexity index is 1230. The predicted molar refractivity (Wildman–Crippen MR) is 109 cm³/mol. The molecular formula is C23H19NO2S. The number of hydrogen-bond donors (Lipinski definition) is 0. The standard InChI is InChI=1S/C23H19NO2S/c1-16-11-13-19(14-12-16)27(25,26)22-15-21(18-8-4-3-5-9-18)20-10-6-7-17(2)23(20)24-22/h3-15H,1-2H3. The molecule has 0 fully saturated rings. The monoisotopic (exact) mass is 373 g/mol. The Kier molecular flexibility index (Phi) is 4.28. The third-order valence-corrected chi connectivity index (χ3v) is 6.36. The fourth-order valence-electron chi connectivity index (χ4n) is 3.20. The second-order valence-electron chi connectivity index (χ2n) is 6.66. The van der Waals surface area contributed by atoms with Crippen LogP contribution in [-0.4, -0.2) is 13.4 Å². The van der Waals surface area contributed by atoms with E-state index in [0.29, 0.717) is 5.52 Å². The first-order chi connectivity index (χ1) is 13.0. The first kappa shape index (κ1) is 17.4. The van der Waals surface area contributed by atoms with Gasteiger partial charge in [0.05, 0.1) is 10.4 Å². The molecule has 0 amide bonds. The molecule has 3 nitrogen and oxygen atoms in total. The summed E-state index contributed by atoms with van der Waals surface area (Å²) in [7, 11) is -3.71. The van der Waals surface area contributed by atoms with Gasteiger partial charge in [-0.1, -0.05) is 66.2 Å². The van der Waals surface area contributed by atoms with Crippen molar-refractivity contribution in [3.05, 3.63) is 90.0 Å². The molecule has 1 heterocycles. The highest BCUT2D eigenvalue weighted by atomic mass is 32.2. The quantitative estimate of drug-likeness (QED) is 0.486. The van der Waals surface area contributed by atoms with Crippen LogP contribution in [0, 0.1) is 13.8 Å². The van der Waals surface area contributed by atoms with Gasteiger partial charge in [0.15, 0.2) is 5.03 Å². The molecular weight excluding hydrogens is 354 g/mol. The Morgan fingerprint density at radius 3 is 2.19 bits per heavy atom. The van der Waals surface area contributed by atoms with Crippen LogP contribution in [0.15, 0.2) is 88.8 Å². The van der Waals surface area contributed by atoms with Gasteiger partial charge in [0.1, 0.15) is 0 Å². The smallest absolute Gasteiger partial charge is 0.223 e. The number of fused-ring (bicyclic) bond motifs is 1. The minimum atomic E-state index is -3.71. The lowest BCUT2D eigenvalue weighted by Crippen LogP contribution is -2.06. The van der Waals surface area contributed by atoms with E-state index in [1.54, 1.807) is 30.3 Å². The number of aryl methyl sites for hydroxylation is 2. The Morgan fingerprint density at radius 2 is 1.48 bits per heavy atom. The number of pyridine rings is 1. The van der Waals surface area contributed by atoms with Crippen molar-refractivity contribution in [2.45, 2.75) is 23.8 Å². The zero-order valence-corrected chi connectivity index (χ0v) is 16.0. The highest BCUT2D eigenvalue weighted by Crippen LogP contribution is 2.33. The van der Waals surface area contributed by atoms with Crippen molar-refractivity contribution >= 4 is 20.7 Å². The molecule has 0 aliphatic rings. The van der Waals surface area contributed by atoms with Crippen LogP contribution in [0.2, 0.25) is 0 Å².